The van der Waals surface area contributed by atoms with E-state index in [0.29, 0.717) is 37.2 Å². The summed E-state index contributed by atoms with van der Waals surface area (Å²) in [5.74, 6) is 0. The number of hydrogen-bond donors (Lipinski definition) is 1. The smallest absolute Gasteiger partial charge is 0.269 e. The van der Waals surface area contributed by atoms with Gasteiger partial charge in [0.2, 0.25) is 0 Å². The molecule has 0 atom stereocenters. The molecule has 4 heteroatoms. The molecule has 2 N–H and O–H groups in total. The zero-order chi connectivity index (χ0) is 11.5. The summed E-state index contributed by atoms with van der Waals surface area (Å²) in [6.07, 6.45) is -0.624. The van der Waals surface area contributed by atoms with Gasteiger partial charge in [0.25, 0.3) is 6.08 Å². The summed E-state index contributed by atoms with van der Waals surface area (Å²) in [5.41, 5.74) is 7.69. The van der Waals surface area contributed by atoms with Crippen molar-refractivity contribution < 1.29 is 8.78 Å². The molecule has 0 aromatic heterocycles. The molecule has 0 aliphatic carbocycles. The Morgan fingerprint density at radius 3 is 2.44 bits per heavy atom. The molecule has 1 aliphatic rings. The average Bonchev–Trinajstić information content (AvgIpc) is 2.29. The van der Waals surface area contributed by atoms with E-state index in [1.165, 1.54) is 0 Å². The number of hydrogen-bond acceptors (Lipinski definition) is 2. The molecule has 1 heterocycles. The van der Waals surface area contributed by atoms with Gasteiger partial charge in [0.1, 0.15) is 0 Å². The third-order valence-corrected chi connectivity index (χ3v) is 2.87. The Morgan fingerprint density at radius 1 is 1.19 bits per heavy atom. The quantitative estimate of drug-likeness (QED) is 0.743. The molecule has 0 spiro atoms. The maximum absolute atomic E-state index is 12.4. The molecule has 1 fully saturated rings. The van der Waals surface area contributed by atoms with Gasteiger partial charge in [-0.1, -0.05) is 6.07 Å². The largest absolute Gasteiger partial charge is 0.399 e. The Kier molecular flexibility index (Phi) is 3.08. The molecule has 1 aromatic rings. The van der Waals surface area contributed by atoms with E-state index >= 15 is 0 Å². The second kappa shape index (κ2) is 4.51. The first-order chi connectivity index (χ1) is 7.66. The molecule has 86 valence electrons. The average molecular weight is 224 g/mol. The van der Waals surface area contributed by atoms with E-state index in [0.717, 1.165) is 5.69 Å². The monoisotopic (exact) mass is 224 g/mol. The van der Waals surface area contributed by atoms with E-state index in [4.69, 9.17) is 5.73 Å². The number of benzene rings is 1. The van der Waals surface area contributed by atoms with Crippen molar-refractivity contribution in [3.63, 3.8) is 0 Å². The van der Waals surface area contributed by atoms with E-state index in [1.54, 1.807) is 0 Å². The zero-order valence-electron chi connectivity index (χ0n) is 8.92. The molecule has 2 rings (SSSR count). The van der Waals surface area contributed by atoms with Gasteiger partial charge in [0, 0.05) is 24.5 Å². The minimum atomic E-state index is -1.51. The highest BCUT2D eigenvalue weighted by Gasteiger charge is 2.17. The number of nitrogens with zero attached hydrogens (tertiary/aromatic N) is 1. The first-order valence-corrected chi connectivity index (χ1v) is 5.30. The number of halogens is 2. The topological polar surface area (TPSA) is 29.3 Å². The van der Waals surface area contributed by atoms with Crippen molar-refractivity contribution in [3.05, 3.63) is 35.9 Å². The van der Waals surface area contributed by atoms with Gasteiger partial charge in [-0.3, -0.25) is 0 Å². The summed E-state index contributed by atoms with van der Waals surface area (Å²) < 4.78 is 24.7. The summed E-state index contributed by atoms with van der Waals surface area (Å²) in [6, 6.07) is 7.53. The fourth-order valence-corrected chi connectivity index (χ4v) is 1.95. The molecule has 0 amide bonds. The van der Waals surface area contributed by atoms with Gasteiger partial charge in [-0.05, 0) is 36.6 Å². The Morgan fingerprint density at radius 2 is 1.88 bits per heavy atom. The molecule has 0 radical (unpaired) electrons. The van der Waals surface area contributed by atoms with E-state index in [-0.39, 0.29) is 0 Å². The number of anilines is 2. The van der Waals surface area contributed by atoms with Gasteiger partial charge >= 0.3 is 0 Å². The lowest BCUT2D eigenvalue weighted by Crippen LogP contribution is -2.30. The number of nitrogens with two attached hydrogens (primary N) is 1. The minimum Gasteiger partial charge on any atom is -0.399 e. The molecule has 0 saturated carbocycles. The van der Waals surface area contributed by atoms with Crippen LogP contribution in [0, 0.1) is 0 Å². The summed E-state index contributed by atoms with van der Waals surface area (Å²) >= 11 is 0. The molecule has 1 aliphatic heterocycles. The van der Waals surface area contributed by atoms with E-state index in [2.05, 4.69) is 4.90 Å². The van der Waals surface area contributed by atoms with Crippen LogP contribution < -0.4 is 10.6 Å². The highest BCUT2D eigenvalue weighted by Crippen LogP contribution is 2.26. The molecule has 2 nitrogen and oxygen atoms in total. The number of nitrogen functional groups attached to an aromatic ring is 1. The van der Waals surface area contributed by atoms with Gasteiger partial charge < -0.3 is 10.6 Å². The predicted molar refractivity (Wildman–Crippen MR) is 61.5 cm³/mol. The molecule has 0 unspecified atom stereocenters. The van der Waals surface area contributed by atoms with Crippen molar-refractivity contribution in [2.45, 2.75) is 12.8 Å². The molecule has 1 saturated heterocycles. The van der Waals surface area contributed by atoms with Crippen LogP contribution in [-0.4, -0.2) is 13.1 Å². The Balaban J connectivity index is 2.07. The number of rotatable bonds is 1. The minimum absolute atomic E-state index is 0.292. The van der Waals surface area contributed by atoms with Crippen LogP contribution in [0.15, 0.2) is 35.9 Å². The van der Waals surface area contributed by atoms with Gasteiger partial charge in [0.05, 0.1) is 0 Å². The van der Waals surface area contributed by atoms with Crippen LogP contribution in [0.3, 0.4) is 0 Å². The van der Waals surface area contributed by atoms with Crippen LogP contribution in [0.25, 0.3) is 0 Å². The van der Waals surface area contributed by atoms with Crippen LogP contribution in [-0.2, 0) is 0 Å². The van der Waals surface area contributed by atoms with Crippen molar-refractivity contribution in [1.82, 2.24) is 0 Å². The first-order valence-electron chi connectivity index (χ1n) is 5.30. The van der Waals surface area contributed by atoms with E-state index < -0.39 is 6.08 Å². The standard InChI is InChI=1S/C12H14F2N2/c13-12(14)9-4-6-16(7-5-9)11-3-1-2-10(15)8-11/h1-3,8H,4-7,15H2. The fraction of sp³-hybridized carbons (Fsp3) is 0.333. The Labute approximate surface area is 93.4 Å². The molecular weight excluding hydrogens is 210 g/mol. The zero-order valence-corrected chi connectivity index (χ0v) is 8.92. The normalized spacial score (nSPS) is 16.4. The van der Waals surface area contributed by atoms with Gasteiger partial charge in [-0.2, -0.15) is 8.78 Å². The van der Waals surface area contributed by atoms with E-state index in [9.17, 15) is 8.78 Å². The Hall–Kier alpha value is -1.58. The fourth-order valence-electron chi connectivity index (χ4n) is 1.95. The number of piperidine rings is 1. The third-order valence-electron chi connectivity index (χ3n) is 2.87. The van der Waals surface area contributed by atoms with Crippen LogP contribution in [0.2, 0.25) is 0 Å². The lowest BCUT2D eigenvalue weighted by Gasteiger charge is -2.30. The van der Waals surface area contributed by atoms with Gasteiger partial charge in [0.15, 0.2) is 0 Å². The first kappa shape index (κ1) is 10.9. The molecule has 1 aromatic carbocycles. The van der Waals surface area contributed by atoms with Crippen molar-refractivity contribution in [3.8, 4) is 0 Å². The van der Waals surface area contributed by atoms with Crippen LogP contribution in [0.5, 0.6) is 0 Å². The maximum atomic E-state index is 12.4. The second-order valence-corrected chi connectivity index (χ2v) is 3.95. The van der Waals surface area contributed by atoms with Crippen LogP contribution in [0.4, 0.5) is 20.2 Å². The lowest BCUT2D eigenvalue weighted by molar-refractivity contribution is 0.399. The second-order valence-electron chi connectivity index (χ2n) is 3.95. The summed E-state index contributed by atoms with van der Waals surface area (Å²) in [5, 5.41) is 0. The highest BCUT2D eigenvalue weighted by atomic mass is 19.3. The molecular formula is C12H14F2N2. The van der Waals surface area contributed by atoms with Gasteiger partial charge in [-0.25, -0.2) is 0 Å². The van der Waals surface area contributed by atoms with Crippen molar-refractivity contribution in [2.24, 2.45) is 0 Å². The van der Waals surface area contributed by atoms with E-state index in [1.807, 2.05) is 24.3 Å². The summed E-state index contributed by atoms with van der Waals surface area (Å²) in [4.78, 5) is 2.09. The van der Waals surface area contributed by atoms with Crippen molar-refractivity contribution in [2.75, 3.05) is 23.7 Å². The molecule has 0 bridgehead atoms. The SMILES string of the molecule is Nc1cccc(N2CCC(=C(F)F)CC2)c1. The Bertz CT molecular complexity index is 401. The summed E-state index contributed by atoms with van der Waals surface area (Å²) in [7, 11) is 0. The summed E-state index contributed by atoms with van der Waals surface area (Å²) in [6.45, 7) is 1.27. The van der Waals surface area contributed by atoms with Crippen molar-refractivity contribution in [1.29, 1.82) is 0 Å². The highest BCUT2D eigenvalue weighted by molar-refractivity contribution is 5.56. The van der Waals surface area contributed by atoms with Crippen LogP contribution >= 0.6 is 0 Å². The van der Waals surface area contributed by atoms with Gasteiger partial charge in [-0.15, -0.1) is 0 Å². The maximum Gasteiger partial charge on any atom is 0.269 e. The third kappa shape index (κ3) is 2.32. The predicted octanol–water partition coefficient (Wildman–Crippen LogP) is 3.02. The van der Waals surface area contributed by atoms with Crippen LogP contribution in [0.1, 0.15) is 12.8 Å². The molecule has 16 heavy (non-hydrogen) atoms. The van der Waals surface area contributed by atoms with Crippen molar-refractivity contribution >= 4 is 11.4 Å². The lowest BCUT2D eigenvalue weighted by atomic mass is 10.0.